The van der Waals surface area contributed by atoms with Gasteiger partial charge in [0.1, 0.15) is 0 Å². The molecular formula is C12H14ClNO. The summed E-state index contributed by atoms with van der Waals surface area (Å²) in [5, 5.41) is 0. The largest absolute Gasteiger partial charge is 0.479 e. The van der Waals surface area contributed by atoms with Gasteiger partial charge >= 0.3 is 0 Å². The van der Waals surface area contributed by atoms with Crippen LogP contribution in [-0.4, -0.2) is 5.56 Å². The highest BCUT2D eigenvalue weighted by molar-refractivity contribution is 6.20. The molecule has 0 radical (unpaired) electrons. The van der Waals surface area contributed by atoms with Crippen LogP contribution in [0.5, 0.6) is 0 Å². The number of hydrogen-bond acceptors (Lipinski definition) is 2. The van der Waals surface area contributed by atoms with Crippen molar-refractivity contribution in [1.82, 2.24) is 0 Å². The van der Waals surface area contributed by atoms with Crippen LogP contribution in [0.2, 0.25) is 0 Å². The van der Waals surface area contributed by atoms with Crippen molar-refractivity contribution < 1.29 is 4.74 Å². The summed E-state index contributed by atoms with van der Waals surface area (Å²) in [4.78, 5) is 0. The molecule has 1 atom stereocenters. The van der Waals surface area contributed by atoms with Gasteiger partial charge in [-0.2, -0.15) is 0 Å². The van der Waals surface area contributed by atoms with Gasteiger partial charge in [0, 0.05) is 19.4 Å². The summed E-state index contributed by atoms with van der Waals surface area (Å²) in [7, 11) is 0. The quantitative estimate of drug-likeness (QED) is 0.800. The maximum Gasteiger partial charge on any atom is 0.175 e. The fraction of sp³-hybridized carbons (Fsp3) is 0.333. The Morgan fingerprint density at radius 1 is 1.27 bits per heavy atom. The second-order valence-corrected chi connectivity index (χ2v) is 4.12. The molecule has 1 aliphatic heterocycles. The first-order valence-corrected chi connectivity index (χ1v) is 5.49. The molecule has 0 saturated carbocycles. The van der Waals surface area contributed by atoms with E-state index in [0.717, 1.165) is 24.2 Å². The van der Waals surface area contributed by atoms with Gasteiger partial charge < -0.3 is 10.5 Å². The average Bonchev–Trinajstić information content (AvgIpc) is 2.65. The van der Waals surface area contributed by atoms with Crippen molar-refractivity contribution in [1.29, 1.82) is 0 Å². The molecule has 0 aliphatic carbocycles. The van der Waals surface area contributed by atoms with Gasteiger partial charge in [0.25, 0.3) is 0 Å². The average molecular weight is 224 g/mol. The molecule has 0 spiro atoms. The fourth-order valence-corrected chi connectivity index (χ4v) is 1.80. The van der Waals surface area contributed by atoms with Gasteiger partial charge in [-0.3, -0.25) is 0 Å². The summed E-state index contributed by atoms with van der Waals surface area (Å²) in [5.74, 6) is 0.968. The first kappa shape index (κ1) is 10.5. The second-order valence-electron chi connectivity index (χ2n) is 3.63. The normalized spacial score (nSPS) is 19.9. The van der Waals surface area contributed by atoms with Crippen LogP contribution >= 0.6 is 11.6 Å². The number of halogens is 1. The number of ether oxygens (including phenoxy) is 1. The van der Waals surface area contributed by atoms with E-state index < -0.39 is 0 Å². The molecule has 0 fully saturated rings. The zero-order valence-corrected chi connectivity index (χ0v) is 9.20. The number of benzene rings is 1. The van der Waals surface area contributed by atoms with E-state index in [9.17, 15) is 0 Å². The molecule has 1 unspecified atom stereocenters. The number of allylic oxidation sites excluding steroid dienone is 1. The van der Waals surface area contributed by atoms with Gasteiger partial charge in [-0.1, -0.05) is 35.9 Å². The topological polar surface area (TPSA) is 35.2 Å². The van der Waals surface area contributed by atoms with Gasteiger partial charge in [-0.05, 0) is 17.2 Å². The number of nitrogens with two attached hydrogens (primary N) is 1. The monoisotopic (exact) mass is 223 g/mol. The Balaban J connectivity index is 1.99. The molecule has 3 heteroatoms. The van der Waals surface area contributed by atoms with E-state index in [-0.39, 0.29) is 5.56 Å². The first-order chi connectivity index (χ1) is 7.28. The van der Waals surface area contributed by atoms with E-state index in [1.807, 2.05) is 12.1 Å². The lowest BCUT2D eigenvalue weighted by Crippen LogP contribution is -1.99. The molecule has 0 aromatic heterocycles. The van der Waals surface area contributed by atoms with E-state index in [1.165, 1.54) is 5.56 Å². The van der Waals surface area contributed by atoms with Crippen LogP contribution in [0.15, 0.2) is 36.1 Å². The summed E-state index contributed by atoms with van der Waals surface area (Å²) in [6.45, 7) is 0.587. The lowest BCUT2D eigenvalue weighted by Gasteiger charge is -2.07. The summed E-state index contributed by atoms with van der Waals surface area (Å²) in [6, 6.07) is 8.24. The third-order valence-corrected chi connectivity index (χ3v) is 2.71. The number of hydrogen-bond donors (Lipinski definition) is 1. The summed E-state index contributed by atoms with van der Waals surface area (Å²) in [6.07, 6.45) is 3.67. The minimum absolute atomic E-state index is 0.177. The maximum atomic E-state index is 5.83. The van der Waals surface area contributed by atoms with Crippen LogP contribution in [0.1, 0.15) is 17.5 Å². The van der Waals surface area contributed by atoms with Crippen molar-refractivity contribution in [2.75, 3.05) is 0 Å². The molecule has 0 bridgehead atoms. The summed E-state index contributed by atoms with van der Waals surface area (Å²) < 4.78 is 5.42. The smallest absolute Gasteiger partial charge is 0.175 e. The highest BCUT2D eigenvalue weighted by atomic mass is 35.5. The Morgan fingerprint density at radius 2 is 1.93 bits per heavy atom. The lowest BCUT2D eigenvalue weighted by atomic mass is 10.1. The molecule has 1 aromatic rings. The molecule has 2 N–H and O–H groups in total. The Bertz CT molecular complexity index is 358. The van der Waals surface area contributed by atoms with E-state index >= 15 is 0 Å². The van der Waals surface area contributed by atoms with Crippen LogP contribution in [0.4, 0.5) is 0 Å². The summed E-state index contributed by atoms with van der Waals surface area (Å²) in [5.41, 5.74) is 7.73. The SMILES string of the molecule is NCc1ccc(CC2=CCC(Cl)O2)cc1. The second kappa shape index (κ2) is 4.69. The Hall–Kier alpha value is -0.990. The molecular weight excluding hydrogens is 210 g/mol. The molecule has 80 valence electrons. The van der Waals surface area contributed by atoms with Crippen molar-refractivity contribution in [3.05, 3.63) is 47.2 Å². The van der Waals surface area contributed by atoms with Crippen LogP contribution in [-0.2, 0) is 17.7 Å². The minimum atomic E-state index is -0.177. The van der Waals surface area contributed by atoms with Gasteiger partial charge in [0.2, 0.25) is 0 Å². The Kier molecular flexibility index (Phi) is 3.29. The Labute approximate surface area is 94.7 Å². The molecule has 0 saturated heterocycles. The zero-order valence-electron chi connectivity index (χ0n) is 8.45. The van der Waals surface area contributed by atoms with Crippen molar-refractivity contribution in [3.8, 4) is 0 Å². The Morgan fingerprint density at radius 3 is 2.47 bits per heavy atom. The van der Waals surface area contributed by atoms with Crippen molar-refractivity contribution >= 4 is 11.6 Å². The highest BCUT2D eigenvalue weighted by Gasteiger charge is 2.14. The van der Waals surface area contributed by atoms with Crippen LogP contribution in [0.3, 0.4) is 0 Å². The summed E-state index contributed by atoms with van der Waals surface area (Å²) >= 11 is 5.83. The predicted molar refractivity (Wildman–Crippen MR) is 61.5 cm³/mol. The van der Waals surface area contributed by atoms with Crippen LogP contribution in [0.25, 0.3) is 0 Å². The predicted octanol–water partition coefficient (Wildman–Crippen LogP) is 2.56. The molecule has 2 rings (SSSR count). The minimum Gasteiger partial charge on any atom is -0.479 e. The number of alkyl halides is 1. The van der Waals surface area contributed by atoms with E-state index in [2.05, 4.69) is 18.2 Å². The zero-order chi connectivity index (χ0) is 10.7. The molecule has 2 nitrogen and oxygen atoms in total. The van der Waals surface area contributed by atoms with Gasteiger partial charge in [0.05, 0.1) is 5.76 Å². The first-order valence-electron chi connectivity index (χ1n) is 5.05. The highest BCUT2D eigenvalue weighted by Crippen LogP contribution is 2.22. The molecule has 1 aliphatic rings. The van der Waals surface area contributed by atoms with Crippen molar-refractivity contribution in [2.45, 2.75) is 24.9 Å². The maximum absolute atomic E-state index is 5.83. The van der Waals surface area contributed by atoms with Crippen LogP contribution < -0.4 is 5.73 Å². The van der Waals surface area contributed by atoms with E-state index in [4.69, 9.17) is 22.1 Å². The third kappa shape index (κ3) is 2.74. The standard InChI is InChI=1S/C12H14ClNO/c13-12-6-5-11(15-12)7-9-1-3-10(8-14)4-2-9/h1-5,12H,6-8,14H2. The van der Waals surface area contributed by atoms with Gasteiger partial charge in [0.15, 0.2) is 5.56 Å². The van der Waals surface area contributed by atoms with E-state index in [1.54, 1.807) is 0 Å². The van der Waals surface area contributed by atoms with Crippen molar-refractivity contribution in [3.63, 3.8) is 0 Å². The van der Waals surface area contributed by atoms with Gasteiger partial charge in [-0.15, -0.1) is 0 Å². The molecule has 1 aromatic carbocycles. The molecule has 15 heavy (non-hydrogen) atoms. The van der Waals surface area contributed by atoms with E-state index in [0.29, 0.717) is 6.54 Å². The molecule has 1 heterocycles. The van der Waals surface area contributed by atoms with Gasteiger partial charge in [-0.25, -0.2) is 0 Å². The molecule has 0 amide bonds. The lowest BCUT2D eigenvalue weighted by molar-refractivity contribution is 0.205. The fourth-order valence-electron chi connectivity index (χ4n) is 1.59. The van der Waals surface area contributed by atoms with Crippen LogP contribution in [0, 0.1) is 0 Å². The number of rotatable bonds is 3. The third-order valence-electron chi connectivity index (χ3n) is 2.45. The van der Waals surface area contributed by atoms with Crippen molar-refractivity contribution in [2.24, 2.45) is 5.73 Å².